The molecule has 1 aliphatic heterocycles. The maximum absolute atomic E-state index is 5.92. The Hall–Kier alpha value is -1.40. The monoisotopic (exact) mass is 337 g/mol. The van der Waals surface area contributed by atoms with E-state index in [1.165, 1.54) is 0 Å². The number of aromatic nitrogens is 1. The molecular weight excluding hydrogens is 314 g/mol. The second kappa shape index (κ2) is 8.45. The molecule has 1 aliphatic rings. The molecule has 2 atom stereocenters. The van der Waals surface area contributed by atoms with Crippen LogP contribution < -0.4 is 5.73 Å². The van der Waals surface area contributed by atoms with Crippen LogP contribution in [0.4, 0.5) is 0 Å². The fraction of sp³-hybridized carbons (Fsp3) is 0.471. The quantitative estimate of drug-likeness (QED) is 0.908. The van der Waals surface area contributed by atoms with Gasteiger partial charge in [-0.3, -0.25) is 4.90 Å². The Balaban J connectivity index is 0.00000192. The lowest BCUT2D eigenvalue weighted by atomic mass is 9.99. The van der Waals surface area contributed by atoms with Gasteiger partial charge in [0.1, 0.15) is 6.26 Å². The molecule has 2 heterocycles. The third-order valence-electron chi connectivity index (χ3n) is 4.33. The smallest absolute Gasteiger partial charge is 0.226 e. The summed E-state index contributed by atoms with van der Waals surface area (Å²) < 4.78 is 11.1. The van der Waals surface area contributed by atoms with Crippen molar-refractivity contribution in [1.82, 2.24) is 9.88 Å². The van der Waals surface area contributed by atoms with Crippen molar-refractivity contribution in [2.45, 2.75) is 31.5 Å². The van der Waals surface area contributed by atoms with E-state index in [-0.39, 0.29) is 12.4 Å². The number of oxazole rings is 1. The van der Waals surface area contributed by atoms with E-state index in [4.69, 9.17) is 14.9 Å². The van der Waals surface area contributed by atoms with Gasteiger partial charge in [0, 0.05) is 38.3 Å². The lowest BCUT2D eigenvalue weighted by Gasteiger charge is -2.37. The first-order valence-electron chi connectivity index (χ1n) is 7.77. The molecule has 3 rings (SSSR count). The van der Waals surface area contributed by atoms with Crippen LogP contribution in [0.5, 0.6) is 0 Å². The average molecular weight is 338 g/mol. The van der Waals surface area contributed by atoms with Crippen LogP contribution >= 0.6 is 12.4 Å². The van der Waals surface area contributed by atoms with E-state index in [1.54, 1.807) is 13.4 Å². The molecule has 1 saturated heterocycles. The fourth-order valence-electron chi connectivity index (χ4n) is 3.03. The highest BCUT2D eigenvalue weighted by molar-refractivity contribution is 5.85. The maximum atomic E-state index is 5.92. The van der Waals surface area contributed by atoms with Gasteiger partial charge in [-0.2, -0.15) is 0 Å². The largest absolute Gasteiger partial charge is 0.444 e. The zero-order valence-electron chi connectivity index (χ0n) is 13.4. The normalized spacial score (nSPS) is 21.8. The summed E-state index contributed by atoms with van der Waals surface area (Å²) >= 11 is 0. The predicted octanol–water partition coefficient (Wildman–Crippen LogP) is 2.70. The molecule has 0 bridgehead atoms. The Labute approximate surface area is 143 Å². The van der Waals surface area contributed by atoms with Crippen LogP contribution in [0.1, 0.15) is 18.5 Å². The van der Waals surface area contributed by atoms with Gasteiger partial charge in [0.15, 0.2) is 0 Å². The van der Waals surface area contributed by atoms with Gasteiger partial charge in [-0.1, -0.05) is 18.2 Å². The number of rotatable bonds is 5. The van der Waals surface area contributed by atoms with E-state index in [9.17, 15) is 0 Å². The molecule has 1 aromatic carbocycles. The fourth-order valence-corrected chi connectivity index (χ4v) is 3.03. The van der Waals surface area contributed by atoms with Gasteiger partial charge >= 0.3 is 0 Å². The highest BCUT2D eigenvalue weighted by Gasteiger charge is 2.28. The van der Waals surface area contributed by atoms with Crippen LogP contribution in [0.2, 0.25) is 0 Å². The van der Waals surface area contributed by atoms with Crippen molar-refractivity contribution in [2.24, 2.45) is 5.73 Å². The first-order chi connectivity index (χ1) is 10.8. The Kier molecular flexibility index (Phi) is 6.59. The number of piperidine rings is 1. The molecule has 0 aliphatic carbocycles. The minimum atomic E-state index is 0. The van der Waals surface area contributed by atoms with Crippen LogP contribution in [0.15, 0.2) is 41.0 Å². The highest BCUT2D eigenvalue weighted by atomic mass is 35.5. The number of hydrogen-bond donors (Lipinski definition) is 1. The molecule has 0 saturated carbocycles. The van der Waals surface area contributed by atoms with E-state index < -0.39 is 0 Å². The Morgan fingerprint density at radius 2 is 2.13 bits per heavy atom. The lowest BCUT2D eigenvalue weighted by molar-refractivity contribution is 0.00978. The van der Waals surface area contributed by atoms with Gasteiger partial charge in [-0.05, 0) is 25.0 Å². The van der Waals surface area contributed by atoms with Gasteiger partial charge in [0.25, 0.3) is 0 Å². The molecule has 2 unspecified atom stereocenters. The second-order valence-corrected chi connectivity index (χ2v) is 5.75. The second-order valence-electron chi connectivity index (χ2n) is 5.75. The van der Waals surface area contributed by atoms with Crippen molar-refractivity contribution in [2.75, 3.05) is 20.2 Å². The van der Waals surface area contributed by atoms with Gasteiger partial charge in [0.2, 0.25) is 5.89 Å². The van der Waals surface area contributed by atoms with Crippen LogP contribution in [-0.4, -0.2) is 42.2 Å². The SMILES string of the molecule is COC1CCN(Cc2coc(-c3ccccc3)n2)C(CN)C1.Cl. The standard InChI is InChI=1S/C17H23N3O2.ClH/c1-21-16-7-8-20(15(9-16)10-18)11-14-12-22-17(19-14)13-5-3-2-4-6-13;/h2-6,12,15-16H,7-11,18H2,1H3;1H. The van der Waals surface area contributed by atoms with E-state index >= 15 is 0 Å². The number of benzene rings is 1. The third kappa shape index (κ3) is 4.32. The molecule has 1 fully saturated rings. The van der Waals surface area contributed by atoms with Gasteiger partial charge in [-0.15, -0.1) is 12.4 Å². The van der Waals surface area contributed by atoms with Crippen molar-refractivity contribution < 1.29 is 9.15 Å². The molecule has 1 aromatic heterocycles. The summed E-state index contributed by atoms with van der Waals surface area (Å²) in [4.78, 5) is 6.98. The number of halogens is 1. The number of likely N-dealkylation sites (tertiary alicyclic amines) is 1. The molecule has 2 aromatic rings. The lowest BCUT2D eigenvalue weighted by Crippen LogP contribution is -2.48. The predicted molar refractivity (Wildman–Crippen MR) is 92.5 cm³/mol. The number of nitrogens with zero attached hydrogens (tertiary/aromatic N) is 2. The van der Waals surface area contributed by atoms with Gasteiger partial charge < -0.3 is 14.9 Å². The van der Waals surface area contributed by atoms with Crippen molar-refractivity contribution in [1.29, 1.82) is 0 Å². The first-order valence-corrected chi connectivity index (χ1v) is 7.77. The van der Waals surface area contributed by atoms with E-state index in [2.05, 4.69) is 9.88 Å². The minimum Gasteiger partial charge on any atom is -0.444 e. The molecular formula is C17H24ClN3O2. The number of nitrogens with two attached hydrogens (primary N) is 1. The minimum absolute atomic E-state index is 0. The molecule has 6 heteroatoms. The summed E-state index contributed by atoms with van der Waals surface area (Å²) in [6, 6.07) is 10.3. The number of ether oxygens (including phenoxy) is 1. The molecule has 0 radical (unpaired) electrons. The van der Waals surface area contributed by atoms with E-state index in [1.807, 2.05) is 30.3 Å². The Morgan fingerprint density at radius 1 is 1.35 bits per heavy atom. The zero-order valence-corrected chi connectivity index (χ0v) is 14.2. The van der Waals surface area contributed by atoms with Gasteiger partial charge in [0.05, 0.1) is 11.8 Å². The summed E-state index contributed by atoms with van der Waals surface area (Å²) in [5.74, 6) is 0.673. The Morgan fingerprint density at radius 3 is 2.83 bits per heavy atom. The van der Waals surface area contributed by atoms with Crippen LogP contribution in [0.25, 0.3) is 11.5 Å². The summed E-state index contributed by atoms with van der Waals surface area (Å²) in [6.07, 6.45) is 4.09. The van der Waals surface area contributed by atoms with Crippen LogP contribution in [0, 0.1) is 0 Å². The maximum Gasteiger partial charge on any atom is 0.226 e. The van der Waals surface area contributed by atoms with E-state index in [0.717, 1.165) is 37.2 Å². The molecule has 2 N–H and O–H groups in total. The Bertz CT molecular complexity index is 591. The number of hydrogen-bond acceptors (Lipinski definition) is 5. The third-order valence-corrected chi connectivity index (χ3v) is 4.33. The van der Waals surface area contributed by atoms with Crippen molar-refractivity contribution >= 4 is 12.4 Å². The molecule has 126 valence electrons. The molecule has 0 spiro atoms. The summed E-state index contributed by atoms with van der Waals surface area (Å²) in [7, 11) is 1.78. The van der Waals surface area contributed by atoms with Crippen molar-refractivity contribution in [3.8, 4) is 11.5 Å². The first kappa shape index (κ1) is 17.9. The number of methoxy groups -OCH3 is 1. The summed E-state index contributed by atoms with van der Waals surface area (Å²) in [5.41, 5.74) is 7.87. The molecule has 0 amide bonds. The van der Waals surface area contributed by atoms with Crippen LogP contribution in [-0.2, 0) is 11.3 Å². The average Bonchev–Trinajstić information content (AvgIpc) is 3.04. The zero-order chi connectivity index (χ0) is 15.4. The highest BCUT2D eigenvalue weighted by Crippen LogP contribution is 2.23. The van der Waals surface area contributed by atoms with Gasteiger partial charge in [-0.25, -0.2) is 4.98 Å². The van der Waals surface area contributed by atoms with Crippen molar-refractivity contribution in [3.05, 3.63) is 42.3 Å². The van der Waals surface area contributed by atoms with E-state index in [0.29, 0.717) is 24.6 Å². The molecule has 23 heavy (non-hydrogen) atoms. The summed E-state index contributed by atoms with van der Waals surface area (Å²) in [5, 5.41) is 0. The summed E-state index contributed by atoms with van der Waals surface area (Å²) in [6.45, 7) is 2.39. The van der Waals surface area contributed by atoms with Crippen molar-refractivity contribution in [3.63, 3.8) is 0 Å². The molecule has 5 nitrogen and oxygen atoms in total. The van der Waals surface area contributed by atoms with Crippen LogP contribution in [0.3, 0.4) is 0 Å². The topological polar surface area (TPSA) is 64.5 Å².